The van der Waals surface area contributed by atoms with Crippen LogP contribution in [0.25, 0.3) is 0 Å². The fraction of sp³-hybridized carbons (Fsp3) is 0.444. The summed E-state index contributed by atoms with van der Waals surface area (Å²) in [5.74, 6) is -1.50. The van der Waals surface area contributed by atoms with E-state index in [1.807, 2.05) is 0 Å². The van der Waals surface area contributed by atoms with E-state index in [1.54, 1.807) is 6.07 Å². The van der Waals surface area contributed by atoms with Gasteiger partial charge in [-0.15, -0.1) is 0 Å². The summed E-state index contributed by atoms with van der Waals surface area (Å²) >= 11 is 0.734. The third-order valence-electron chi connectivity index (χ3n) is 1.81. The fourth-order valence-corrected chi connectivity index (χ4v) is 1.85. The van der Waals surface area contributed by atoms with Crippen molar-refractivity contribution in [2.75, 3.05) is 5.75 Å². The molecule has 0 bridgehead atoms. The predicted molar refractivity (Wildman–Crippen MR) is 55.8 cm³/mol. The molecule has 0 unspecified atom stereocenters. The van der Waals surface area contributed by atoms with Gasteiger partial charge < -0.3 is 5.11 Å². The van der Waals surface area contributed by atoms with Crippen LogP contribution in [0.5, 0.6) is 0 Å². The number of nitriles is 1. The van der Waals surface area contributed by atoms with Crippen LogP contribution in [0.3, 0.4) is 0 Å². The highest BCUT2D eigenvalue weighted by Crippen LogP contribution is 2.31. The summed E-state index contributed by atoms with van der Waals surface area (Å²) in [6, 6.07) is 2.57. The van der Waals surface area contributed by atoms with Crippen LogP contribution in [0.15, 0.2) is 11.1 Å². The van der Waals surface area contributed by atoms with Gasteiger partial charge in [-0.2, -0.15) is 23.5 Å². The molecule has 0 aliphatic rings. The van der Waals surface area contributed by atoms with Gasteiger partial charge in [-0.05, 0) is 0 Å². The molecule has 1 rings (SSSR count). The molecule has 0 atom stereocenters. The minimum atomic E-state index is -4.59. The Balaban J connectivity index is 2.94. The van der Waals surface area contributed by atoms with E-state index in [0.717, 1.165) is 22.5 Å². The lowest BCUT2D eigenvalue weighted by molar-refractivity contribution is -0.141. The van der Waals surface area contributed by atoms with Crippen LogP contribution >= 0.6 is 11.8 Å². The number of carboxylic acid groups (broad SMARTS) is 1. The molecule has 0 fully saturated rings. The summed E-state index contributed by atoms with van der Waals surface area (Å²) in [6.07, 6.45) is -4.59. The normalized spacial score (nSPS) is 11.2. The largest absolute Gasteiger partial charge is 0.481 e. The first-order valence-corrected chi connectivity index (χ1v) is 5.69. The molecule has 18 heavy (non-hydrogen) atoms. The third-order valence-corrected chi connectivity index (χ3v) is 2.83. The summed E-state index contributed by atoms with van der Waals surface area (Å²) in [5, 5.41) is 20.3. The standard InChI is InChI=1S/C9H8F3N3O2S/c10-9(11,12)6-4-7(18-5-8(16)17)15(14-6)3-1-2-13/h4H,1,3,5H2,(H,16,17). The number of carboxylic acids is 1. The summed E-state index contributed by atoms with van der Waals surface area (Å²) in [5.41, 5.74) is -1.09. The number of carbonyl (C=O) groups is 1. The van der Waals surface area contributed by atoms with Crippen LogP contribution in [0.2, 0.25) is 0 Å². The third kappa shape index (κ3) is 3.96. The number of halogens is 3. The van der Waals surface area contributed by atoms with Crippen molar-refractivity contribution < 1.29 is 23.1 Å². The highest BCUT2D eigenvalue weighted by molar-refractivity contribution is 7.99. The van der Waals surface area contributed by atoms with E-state index in [4.69, 9.17) is 10.4 Å². The van der Waals surface area contributed by atoms with Crippen LogP contribution < -0.4 is 0 Å². The van der Waals surface area contributed by atoms with Gasteiger partial charge in [0.1, 0.15) is 0 Å². The number of thioether (sulfide) groups is 1. The SMILES string of the molecule is N#CCCn1nc(C(F)(F)F)cc1SCC(=O)O. The minimum Gasteiger partial charge on any atom is -0.481 e. The van der Waals surface area contributed by atoms with Gasteiger partial charge in [0.25, 0.3) is 0 Å². The van der Waals surface area contributed by atoms with Crippen LogP contribution in [0, 0.1) is 11.3 Å². The first-order chi connectivity index (χ1) is 8.34. The molecule has 1 N–H and O–H groups in total. The van der Waals surface area contributed by atoms with Crippen LogP contribution in [0.1, 0.15) is 12.1 Å². The van der Waals surface area contributed by atoms with Gasteiger partial charge in [0, 0.05) is 6.07 Å². The number of alkyl halides is 3. The molecule has 1 aromatic rings. The second-order valence-electron chi connectivity index (χ2n) is 3.18. The van der Waals surface area contributed by atoms with Crippen LogP contribution in [0.4, 0.5) is 13.2 Å². The molecule has 5 nitrogen and oxygen atoms in total. The van der Waals surface area contributed by atoms with Gasteiger partial charge in [0.15, 0.2) is 5.69 Å². The summed E-state index contributed by atoms with van der Waals surface area (Å²) in [6.45, 7) is -0.00542. The summed E-state index contributed by atoms with van der Waals surface area (Å²) < 4.78 is 38.3. The van der Waals surface area contributed by atoms with E-state index < -0.39 is 17.8 Å². The van der Waals surface area contributed by atoms with E-state index in [0.29, 0.717) is 0 Å². The number of aromatic nitrogens is 2. The number of nitrogens with zero attached hydrogens (tertiary/aromatic N) is 3. The van der Waals surface area contributed by atoms with Gasteiger partial charge in [0.05, 0.1) is 29.8 Å². The van der Waals surface area contributed by atoms with Crippen molar-refractivity contribution in [2.45, 2.75) is 24.2 Å². The maximum atomic E-state index is 12.4. The second-order valence-corrected chi connectivity index (χ2v) is 4.17. The minimum absolute atomic E-state index is 0.000388. The molecule has 0 radical (unpaired) electrons. The number of aliphatic carboxylic acids is 1. The zero-order valence-electron chi connectivity index (χ0n) is 8.94. The molecule has 0 aliphatic carbocycles. The number of hydrogen-bond acceptors (Lipinski definition) is 4. The molecule has 0 saturated heterocycles. The molecule has 0 spiro atoms. The molecule has 1 aromatic heterocycles. The zero-order chi connectivity index (χ0) is 13.8. The lowest BCUT2D eigenvalue weighted by atomic mass is 10.4. The Morgan fingerprint density at radius 3 is 2.78 bits per heavy atom. The van der Waals surface area contributed by atoms with E-state index in [1.165, 1.54) is 0 Å². The van der Waals surface area contributed by atoms with Crippen molar-refractivity contribution in [2.24, 2.45) is 0 Å². The lowest BCUT2D eigenvalue weighted by Gasteiger charge is -2.02. The molecule has 98 valence electrons. The van der Waals surface area contributed by atoms with Gasteiger partial charge in [-0.1, -0.05) is 11.8 Å². The smallest absolute Gasteiger partial charge is 0.435 e. The molecule has 0 amide bonds. The van der Waals surface area contributed by atoms with Crippen LogP contribution in [-0.2, 0) is 17.5 Å². The average molecular weight is 279 g/mol. The molecule has 0 saturated carbocycles. The first-order valence-electron chi connectivity index (χ1n) is 4.71. The van der Waals surface area contributed by atoms with Gasteiger partial charge in [-0.25, -0.2) is 0 Å². The molecule has 0 aliphatic heterocycles. The van der Waals surface area contributed by atoms with E-state index >= 15 is 0 Å². The average Bonchev–Trinajstić information content (AvgIpc) is 2.66. The predicted octanol–water partition coefficient (Wildman–Crippen LogP) is 1.99. The number of rotatable bonds is 5. The monoisotopic (exact) mass is 279 g/mol. The Kier molecular flexibility index (Phi) is 4.61. The lowest BCUT2D eigenvalue weighted by Crippen LogP contribution is -2.08. The van der Waals surface area contributed by atoms with Crippen molar-refractivity contribution >= 4 is 17.7 Å². The van der Waals surface area contributed by atoms with Crippen LogP contribution in [-0.4, -0.2) is 26.6 Å². The van der Waals surface area contributed by atoms with Gasteiger partial charge in [-0.3, -0.25) is 9.48 Å². The topological polar surface area (TPSA) is 78.9 Å². The Hall–Kier alpha value is -1.69. The highest BCUT2D eigenvalue weighted by Gasteiger charge is 2.35. The maximum absolute atomic E-state index is 12.4. The molecular formula is C9H8F3N3O2S. The quantitative estimate of drug-likeness (QED) is 0.834. The zero-order valence-corrected chi connectivity index (χ0v) is 9.75. The Labute approximate surface area is 104 Å². The molecule has 9 heteroatoms. The highest BCUT2D eigenvalue weighted by atomic mass is 32.2. The Morgan fingerprint density at radius 1 is 1.61 bits per heavy atom. The van der Waals surface area contributed by atoms with Gasteiger partial charge in [0.2, 0.25) is 0 Å². The van der Waals surface area contributed by atoms with E-state index in [2.05, 4.69) is 5.10 Å². The van der Waals surface area contributed by atoms with Gasteiger partial charge >= 0.3 is 12.1 Å². The number of aryl methyl sites for hydroxylation is 1. The summed E-state index contributed by atoms with van der Waals surface area (Å²) in [7, 11) is 0. The number of hydrogen-bond donors (Lipinski definition) is 1. The molecular weight excluding hydrogens is 271 g/mol. The van der Waals surface area contributed by atoms with Crippen molar-refractivity contribution in [3.05, 3.63) is 11.8 Å². The first kappa shape index (κ1) is 14.4. The summed E-state index contributed by atoms with van der Waals surface area (Å²) in [4.78, 5) is 10.4. The van der Waals surface area contributed by atoms with E-state index in [-0.39, 0.29) is 23.7 Å². The molecule has 1 heterocycles. The second kappa shape index (κ2) is 5.77. The Morgan fingerprint density at radius 2 is 2.28 bits per heavy atom. The fourth-order valence-electron chi connectivity index (χ4n) is 1.11. The van der Waals surface area contributed by atoms with Crippen molar-refractivity contribution in [1.82, 2.24) is 9.78 Å². The molecule has 0 aromatic carbocycles. The Bertz CT molecular complexity index is 478. The van der Waals surface area contributed by atoms with Crippen molar-refractivity contribution in [3.63, 3.8) is 0 Å². The van der Waals surface area contributed by atoms with Crippen molar-refractivity contribution in [1.29, 1.82) is 5.26 Å². The van der Waals surface area contributed by atoms with E-state index in [9.17, 15) is 18.0 Å². The van der Waals surface area contributed by atoms with Crippen molar-refractivity contribution in [3.8, 4) is 6.07 Å². The maximum Gasteiger partial charge on any atom is 0.435 e.